The lowest BCUT2D eigenvalue weighted by atomic mass is 10.0. The van der Waals surface area contributed by atoms with Crippen molar-refractivity contribution in [1.29, 1.82) is 0 Å². The second kappa shape index (κ2) is 3.69. The van der Waals surface area contributed by atoms with Gasteiger partial charge in [0.2, 0.25) is 0 Å². The molecule has 3 rings (SSSR count). The van der Waals surface area contributed by atoms with Crippen molar-refractivity contribution in [2.75, 3.05) is 0 Å². The summed E-state index contributed by atoms with van der Waals surface area (Å²) in [5.41, 5.74) is 8.69. The van der Waals surface area contributed by atoms with Crippen molar-refractivity contribution in [2.45, 2.75) is 18.9 Å². The second-order valence-electron chi connectivity index (χ2n) is 4.13. The third kappa shape index (κ3) is 1.46. The van der Waals surface area contributed by atoms with Gasteiger partial charge >= 0.3 is 0 Å². The van der Waals surface area contributed by atoms with E-state index in [4.69, 9.17) is 17.3 Å². The van der Waals surface area contributed by atoms with Gasteiger partial charge < -0.3 is 5.73 Å². The van der Waals surface area contributed by atoms with Gasteiger partial charge in [0.25, 0.3) is 0 Å². The lowest BCUT2D eigenvalue weighted by Gasteiger charge is -2.11. The molecule has 0 bridgehead atoms. The number of pyridine rings is 1. The number of nitrogens with two attached hydrogens (primary N) is 1. The second-order valence-corrected chi connectivity index (χ2v) is 5.37. The van der Waals surface area contributed by atoms with Gasteiger partial charge in [-0.15, -0.1) is 0 Å². The summed E-state index contributed by atoms with van der Waals surface area (Å²) < 4.78 is 1.07. The van der Waals surface area contributed by atoms with E-state index in [1.807, 2.05) is 12.3 Å². The zero-order valence-electron chi connectivity index (χ0n) is 8.50. The first-order valence-corrected chi connectivity index (χ1v) is 6.36. The Balaban J connectivity index is 2.43. The number of hydrogen-bond acceptors (Lipinski definition) is 2. The highest BCUT2D eigenvalue weighted by Gasteiger charge is 2.22. The van der Waals surface area contributed by atoms with Gasteiger partial charge in [0.15, 0.2) is 0 Å². The summed E-state index contributed by atoms with van der Waals surface area (Å²) in [6.07, 6.45) is 3.89. The van der Waals surface area contributed by atoms with E-state index in [1.165, 1.54) is 11.1 Å². The fourth-order valence-electron chi connectivity index (χ4n) is 2.42. The van der Waals surface area contributed by atoms with Gasteiger partial charge in [-0.05, 0) is 36.1 Å². The molecule has 0 spiro atoms. The normalized spacial score (nSPS) is 19.1. The molecule has 1 aromatic heterocycles. The molecule has 16 heavy (non-hydrogen) atoms. The maximum absolute atomic E-state index is 6.12. The highest BCUT2D eigenvalue weighted by atomic mass is 79.9. The monoisotopic (exact) mass is 296 g/mol. The van der Waals surface area contributed by atoms with Crippen molar-refractivity contribution in [3.8, 4) is 0 Å². The highest BCUT2D eigenvalue weighted by Crippen LogP contribution is 2.39. The molecule has 1 heterocycles. The summed E-state index contributed by atoms with van der Waals surface area (Å²) in [5, 5.41) is 2.73. The fourth-order valence-corrected chi connectivity index (χ4v) is 3.19. The average molecular weight is 298 g/mol. The predicted octanol–water partition coefficient (Wildman–Crippen LogP) is 3.60. The summed E-state index contributed by atoms with van der Waals surface area (Å²) in [6, 6.07) is 4.17. The van der Waals surface area contributed by atoms with E-state index in [9.17, 15) is 0 Å². The molecular weight excluding hydrogens is 288 g/mol. The van der Waals surface area contributed by atoms with Gasteiger partial charge in [0, 0.05) is 27.5 Å². The predicted molar refractivity (Wildman–Crippen MR) is 69.7 cm³/mol. The maximum atomic E-state index is 6.12. The molecule has 0 aliphatic heterocycles. The van der Waals surface area contributed by atoms with Crippen LogP contribution in [-0.4, -0.2) is 4.98 Å². The number of benzene rings is 1. The molecule has 1 aliphatic carbocycles. The Morgan fingerprint density at radius 3 is 3.00 bits per heavy atom. The highest BCUT2D eigenvalue weighted by molar-refractivity contribution is 9.10. The molecule has 0 fully saturated rings. The minimum atomic E-state index is 0.133. The van der Waals surface area contributed by atoms with Crippen LogP contribution in [0, 0.1) is 0 Å². The first kappa shape index (κ1) is 10.5. The molecule has 2 aromatic rings. The minimum Gasteiger partial charge on any atom is -0.324 e. The Morgan fingerprint density at radius 1 is 1.38 bits per heavy atom. The number of aromatic nitrogens is 1. The van der Waals surface area contributed by atoms with Crippen molar-refractivity contribution in [1.82, 2.24) is 4.98 Å². The summed E-state index contributed by atoms with van der Waals surface area (Å²) in [7, 11) is 0. The Labute approximate surface area is 107 Å². The first-order chi connectivity index (χ1) is 7.66. The zero-order chi connectivity index (χ0) is 11.3. The summed E-state index contributed by atoms with van der Waals surface area (Å²) in [4.78, 5) is 4.15. The standard InChI is InChI=1S/C12H10BrClN2/c13-9-3-6-1-2-10(15)12(6)8-5-16-11(14)4-7(8)9/h3-5,10H,1-2,15H2. The molecule has 0 radical (unpaired) electrons. The molecule has 1 unspecified atom stereocenters. The largest absolute Gasteiger partial charge is 0.324 e. The van der Waals surface area contributed by atoms with Gasteiger partial charge in [-0.2, -0.15) is 0 Å². The van der Waals surface area contributed by atoms with Crippen LogP contribution in [0.1, 0.15) is 23.6 Å². The molecule has 0 amide bonds. The van der Waals surface area contributed by atoms with Crippen molar-refractivity contribution >= 4 is 38.3 Å². The van der Waals surface area contributed by atoms with E-state index in [1.54, 1.807) is 0 Å². The first-order valence-electron chi connectivity index (χ1n) is 5.19. The van der Waals surface area contributed by atoms with Crippen LogP contribution in [0.5, 0.6) is 0 Å². The number of fused-ring (bicyclic) bond motifs is 3. The molecule has 82 valence electrons. The van der Waals surface area contributed by atoms with Crippen molar-refractivity contribution in [2.24, 2.45) is 5.73 Å². The molecule has 4 heteroatoms. The van der Waals surface area contributed by atoms with Crippen LogP contribution in [-0.2, 0) is 6.42 Å². The lowest BCUT2D eigenvalue weighted by Crippen LogP contribution is -2.06. The maximum Gasteiger partial charge on any atom is 0.129 e. The molecule has 0 saturated heterocycles. The molecule has 0 saturated carbocycles. The van der Waals surface area contributed by atoms with Crippen LogP contribution in [0.25, 0.3) is 10.8 Å². The molecule has 1 atom stereocenters. The third-order valence-corrected chi connectivity index (χ3v) is 4.02. The number of rotatable bonds is 0. The Kier molecular flexibility index (Phi) is 2.42. The Morgan fingerprint density at radius 2 is 2.19 bits per heavy atom. The number of aryl methyl sites for hydroxylation is 1. The molecule has 2 N–H and O–H groups in total. The Bertz CT molecular complexity index is 583. The fraction of sp³-hybridized carbons (Fsp3) is 0.250. The van der Waals surface area contributed by atoms with E-state index in [0.29, 0.717) is 5.15 Å². The molecular formula is C12H10BrClN2. The molecule has 1 aliphatic rings. The van der Waals surface area contributed by atoms with Gasteiger partial charge in [-0.1, -0.05) is 27.5 Å². The van der Waals surface area contributed by atoms with Gasteiger partial charge in [-0.25, -0.2) is 4.98 Å². The van der Waals surface area contributed by atoms with Crippen molar-refractivity contribution in [3.63, 3.8) is 0 Å². The van der Waals surface area contributed by atoms with E-state index in [0.717, 1.165) is 28.1 Å². The SMILES string of the molecule is NC1CCc2cc(Br)c3cc(Cl)ncc3c21. The van der Waals surface area contributed by atoms with Crippen molar-refractivity contribution in [3.05, 3.63) is 39.1 Å². The number of nitrogens with zero attached hydrogens (tertiary/aromatic N) is 1. The van der Waals surface area contributed by atoms with Crippen LogP contribution < -0.4 is 5.73 Å². The third-order valence-electron chi connectivity index (χ3n) is 3.16. The van der Waals surface area contributed by atoms with E-state index in [2.05, 4.69) is 27.0 Å². The summed E-state index contributed by atoms with van der Waals surface area (Å²) in [5.74, 6) is 0. The van der Waals surface area contributed by atoms with Crippen molar-refractivity contribution < 1.29 is 0 Å². The Hall–Kier alpha value is -0.640. The van der Waals surface area contributed by atoms with E-state index in [-0.39, 0.29) is 6.04 Å². The smallest absolute Gasteiger partial charge is 0.129 e. The van der Waals surface area contributed by atoms with Gasteiger partial charge in [0.1, 0.15) is 5.15 Å². The summed E-state index contributed by atoms with van der Waals surface area (Å²) in [6.45, 7) is 0. The van der Waals surface area contributed by atoms with Crippen LogP contribution >= 0.6 is 27.5 Å². The lowest BCUT2D eigenvalue weighted by molar-refractivity contribution is 0.716. The van der Waals surface area contributed by atoms with Crippen LogP contribution in [0.3, 0.4) is 0 Å². The van der Waals surface area contributed by atoms with Gasteiger partial charge in [0.05, 0.1) is 0 Å². The summed E-state index contributed by atoms with van der Waals surface area (Å²) >= 11 is 9.49. The van der Waals surface area contributed by atoms with Crippen LogP contribution in [0.2, 0.25) is 5.15 Å². The van der Waals surface area contributed by atoms with E-state index < -0.39 is 0 Å². The number of halogens is 2. The molecule has 1 aromatic carbocycles. The minimum absolute atomic E-state index is 0.133. The van der Waals surface area contributed by atoms with Crippen LogP contribution in [0.4, 0.5) is 0 Å². The molecule has 2 nitrogen and oxygen atoms in total. The van der Waals surface area contributed by atoms with E-state index >= 15 is 0 Å². The topological polar surface area (TPSA) is 38.9 Å². The number of hydrogen-bond donors (Lipinski definition) is 1. The average Bonchev–Trinajstić information content (AvgIpc) is 2.61. The zero-order valence-corrected chi connectivity index (χ0v) is 10.8. The van der Waals surface area contributed by atoms with Gasteiger partial charge in [-0.3, -0.25) is 0 Å². The quantitative estimate of drug-likeness (QED) is 0.755. The van der Waals surface area contributed by atoms with Crippen LogP contribution in [0.15, 0.2) is 22.8 Å².